The molecule has 1 rings (SSSR count). The van der Waals surface area contributed by atoms with Gasteiger partial charge in [-0.2, -0.15) is 0 Å². The standard InChI is InChI=1S/C71H133NO10/c1-3-5-7-9-11-13-15-17-19-21-23-24-25-26-27-28-29-30-31-32-33-34-35-36-37-38-39-41-43-45-47-49-51-53-55-57-59-64(75)70(80)72-62(61-81-71-69(79)68(78)67(77)65(60-73)82-71)66(76)63(74)58-56-54-52-50-48-46-44-42-40-22-20-18-16-14-12-10-8-6-4-2/h18,20,30-31,42,44,50,52,62-69,71,73-79H,3-17,19,21-29,32-41,43,45-49,51,53-61H2,1-2H3,(H,72,80)/b20-18+,31-30-,44-42+,52-50+. The first-order valence-electron chi connectivity index (χ1n) is 35.0. The van der Waals surface area contributed by atoms with E-state index in [4.69, 9.17) is 9.47 Å². The van der Waals surface area contributed by atoms with Gasteiger partial charge >= 0.3 is 0 Å². The monoisotopic (exact) mass is 1160 g/mol. The zero-order valence-corrected chi connectivity index (χ0v) is 53.2. The van der Waals surface area contributed by atoms with Gasteiger partial charge in [0.25, 0.3) is 0 Å². The Morgan fingerprint density at radius 3 is 1.09 bits per heavy atom. The normalized spacial score (nSPS) is 19.4. The molecular formula is C71H133NO10. The fourth-order valence-electron chi connectivity index (χ4n) is 11.2. The van der Waals surface area contributed by atoms with Crippen LogP contribution in [0.15, 0.2) is 48.6 Å². The Hall–Kier alpha value is -1.93. The van der Waals surface area contributed by atoms with Crippen molar-refractivity contribution in [2.75, 3.05) is 13.2 Å². The van der Waals surface area contributed by atoms with Crippen LogP contribution in [-0.2, 0) is 14.3 Å². The van der Waals surface area contributed by atoms with Gasteiger partial charge in [-0.1, -0.05) is 287 Å². The third-order valence-corrected chi connectivity index (χ3v) is 16.8. The number of carbonyl (C=O) groups is 1. The maximum absolute atomic E-state index is 13.2. The van der Waals surface area contributed by atoms with E-state index < -0.39 is 74.2 Å². The summed E-state index contributed by atoms with van der Waals surface area (Å²) in [7, 11) is 0. The second-order valence-corrected chi connectivity index (χ2v) is 24.6. The zero-order valence-electron chi connectivity index (χ0n) is 53.2. The number of rotatable bonds is 61. The third-order valence-electron chi connectivity index (χ3n) is 16.8. The summed E-state index contributed by atoms with van der Waals surface area (Å²) in [6.45, 7) is 3.46. The highest BCUT2D eigenvalue weighted by molar-refractivity contribution is 5.80. The van der Waals surface area contributed by atoms with Gasteiger partial charge in [0.2, 0.25) is 5.91 Å². The number of unbranched alkanes of at least 4 members (excludes halogenated alkanes) is 41. The molecule has 8 N–H and O–H groups in total. The molecule has 1 saturated heterocycles. The average Bonchev–Trinajstić information content (AvgIpc) is 3.53. The lowest BCUT2D eigenvalue weighted by atomic mass is 9.98. The Morgan fingerprint density at radius 1 is 0.415 bits per heavy atom. The number of hydrogen-bond donors (Lipinski definition) is 8. The first kappa shape index (κ1) is 78.1. The topological polar surface area (TPSA) is 189 Å². The van der Waals surface area contributed by atoms with Gasteiger partial charge < -0.3 is 50.5 Å². The Morgan fingerprint density at radius 2 is 0.732 bits per heavy atom. The Bertz CT molecular complexity index is 1470. The summed E-state index contributed by atoms with van der Waals surface area (Å²) in [5, 5.41) is 76.3. The fraction of sp³-hybridized carbons (Fsp3) is 0.873. The summed E-state index contributed by atoms with van der Waals surface area (Å²) >= 11 is 0. The maximum Gasteiger partial charge on any atom is 0.249 e. The molecule has 1 aliphatic rings. The van der Waals surface area contributed by atoms with Crippen molar-refractivity contribution >= 4 is 5.91 Å². The van der Waals surface area contributed by atoms with Crippen molar-refractivity contribution in [1.29, 1.82) is 0 Å². The number of aliphatic hydroxyl groups is 7. The van der Waals surface area contributed by atoms with Gasteiger partial charge in [-0.3, -0.25) is 4.79 Å². The van der Waals surface area contributed by atoms with Gasteiger partial charge in [0.05, 0.1) is 25.4 Å². The molecule has 0 aromatic carbocycles. The van der Waals surface area contributed by atoms with Crippen LogP contribution in [0.3, 0.4) is 0 Å². The minimum absolute atomic E-state index is 0.241. The fourth-order valence-corrected chi connectivity index (χ4v) is 11.2. The SMILES string of the molecule is CCCCCCCC/C=C/CC/C=C/CC/C=C/CCCC(O)C(O)C(COC1OC(CO)C(O)C(O)C1O)NC(=O)C(O)CCCCCCCCCCCCCCCCCC/C=C\CCCCCCCCCCCCCCCCCC. The highest BCUT2D eigenvalue weighted by atomic mass is 16.7. The maximum atomic E-state index is 13.2. The number of hydrogen-bond acceptors (Lipinski definition) is 10. The number of nitrogens with one attached hydrogen (secondary N) is 1. The van der Waals surface area contributed by atoms with E-state index in [0.29, 0.717) is 19.3 Å². The molecule has 482 valence electrons. The Balaban J connectivity index is 2.17. The van der Waals surface area contributed by atoms with Crippen molar-refractivity contribution in [1.82, 2.24) is 5.32 Å². The summed E-state index contributed by atoms with van der Waals surface area (Å²) in [4.78, 5) is 13.2. The number of allylic oxidation sites excluding steroid dienone is 8. The van der Waals surface area contributed by atoms with Gasteiger partial charge in [-0.15, -0.1) is 0 Å². The van der Waals surface area contributed by atoms with Crippen molar-refractivity contribution in [3.05, 3.63) is 48.6 Å². The van der Waals surface area contributed by atoms with E-state index in [0.717, 1.165) is 44.9 Å². The van der Waals surface area contributed by atoms with Crippen LogP contribution in [0.5, 0.6) is 0 Å². The summed E-state index contributed by atoms with van der Waals surface area (Å²) < 4.78 is 11.2. The number of aliphatic hydroxyl groups excluding tert-OH is 7. The number of amides is 1. The van der Waals surface area contributed by atoms with Crippen LogP contribution in [-0.4, -0.2) is 110 Å². The minimum atomic E-state index is -1.67. The highest BCUT2D eigenvalue weighted by Crippen LogP contribution is 2.24. The first-order chi connectivity index (χ1) is 40.2. The lowest BCUT2D eigenvalue weighted by Crippen LogP contribution is -2.60. The van der Waals surface area contributed by atoms with E-state index in [1.54, 1.807) is 0 Å². The summed E-state index contributed by atoms with van der Waals surface area (Å²) in [5.74, 6) is -0.709. The van der Waals surface area contributed by atoms with Crippen LogP contribution >= 0.6 is 0 Å². The van der Waals surface area contributed by atoms with Gasteiger partial charge in [0, 0.05) is 0 Å². The molecule has 9 unspecified atom stereocenters. The second kappa shape index (κ2) is 59.4. The molecule has 0 aromatic heterocycles. The van der Waals surface area contributed by atoms with Crippen molar-refractivity contribution < 1.29 is 50.0 Å². The molecule has 0 saturated carbocycles. The summed E-state index contributed by atoms with van der Waals surface area (Å²) in [6, 6.07) is -1.20. The molecule has 11 nitrogen and oxygen atoms in total. The van der Waals surface area contributed by atoms with E-state index in [-0.39, 0.29) is 12.8 Å². The van der Waals surface area contributed by atoms with E-state index in [1.165, 1.54) is 238 Å². The predicted molar refractivity (Wildman–Crippen MR) is 344 cm³/mol. The molecule has 82 heavy (non-hydrogen) atoms. The third kappa shape index (κ3) is 46.3. The molecule has 0 spiro atoms. The first-order valence-corrected chi connectivity index (χ1v) is 35.0. The minimum Gasteiger partial charge on any atom is -0.394 e. The van der Waals surface area contributed by atoms with Crippen LogP contribution in [0, 0.1) is 0 Å². The van der Waals surface area contributed by atoms with E-state index in [1.807, 2.05) is 0 Å². The van der Waals surface area contributed by atoms with Crippen LogP contribution in [0.1, 0.15) is 328 Å². The van der Waals surface area contributed by atoms with Gasteiger partial charge in [-0.05, 0) is 89.9 Å². The summed E-state index contributed by atoms with van der Waals surface area (Å²) in [6.07, 6.45) is 66.4. The molecule has 11 heteroatoms. The van der Waals surface area contributed by atoms with Gasteiger partial charge in [0.15, 0.2) is 6.29 Å². The predicted octanol–water partition coefficient (Wildman–Crippen LogP) is 16.7. The molecule has 0 radical (unpaired) electrons. The largest absolute Gasteiger partial charge is 0.394 e. The molecule has 1 fully saturated rings. The molecule has 1 amide bonds. The molecule has 9 atom stereocenters. The van der Waals surface area contributed by atoms with Crippen molar-refractivity contribution in [2.45, 2.75) is 384 Å². The lowest BCUT2D eigenvalue weighted by Gasteiger charge is -2.40. The molecule has 0 bridgehead atoms. The van der Waals surface area contributed by atoms with Crippen molar-refractivity contribution in [3.8, 4) is 0 Å². The Labute approximate surface area is 504 Å². The quantitative estimate of drug-likeness (QED) is 0.0215. The van der Waals surface area contributed by atoms with Gasteiger partial charge in [0.1, 0.15) is 36.6 Å². The van der Waals surface area contributed by atoms with E-state index in [2.05, 4.69) is 67.8 Å². The molecule has 1 aliphatic heterocycles. The lowest BCUT2D eigenvalue weighted by molar-refractivity contribution is -0.303. The van der Waals surface area contributed by atoms with E-state index >= 15 is 0 Å². The second-order valence-electron chi connectivity index (χ2n) is 24.6. The number of ether oxygens (including phenoxy) is 2. The van der Waals surface area contributed by atoms with Crippen LogP contribution in [0.2, 0.25) is 0 Å². The average molecular weight is 1160 g/mol. The van der Waals surface area contributed by atoms with Crippen molar-refractivity contribution in [2.24, 2.45) is 0 Å². The molecule has 1 heterocycles. The van der Waals surface area contributed by atoms with Crippen molar-refractivity contribution in [3.63, 3.8) is 0 Å². The molecular weight excluding hydrogens is 1030 g/mol. The summed E-state index contributed by atoms with van der Waals surface area (Å²) in [5.41, 5.74) is 0. The van der Waals surface area contributed by atoms with E-state index in [9.17, 15) is 40.5 Å². The Kier molecular flexibility index (Phi) is 56.6. The highest BCUT2D eigenvalue weighted by Gasteiger charge is 2.44. The zero-order chi connectivity index (χ0) is 59.6. The van der Waals surface area contributed by atoms with Gasteiger partial charge in [-0.25, -0.2) is 0 Å². The van der Waals surface area contributed by atoms with Crippen LogP contribution in [0.4, 0.5) is 0 Å². The van der Waals surface area contributed by atoms with Crippen LogP contribution in [0.25, 0.3) is 0 Å². The smallest absolute Gasteiger partial charge is 0.249 e. The molecule has 0 aromatic rings. The van der Waals surface area contributed by atoms with Crippen LogP contribution < -0.4 is 5.32 Å². The molecule has 0 aliphatic carbocycles. The number of carbonyl (C=O) groups excluding carboxylic acids is 1.